The van der Waals surface area contributed by atoms with Crippen molar-refractivity contribution in [3.05, 3.63) is 29.3 Å². The van der Waals surface area contributed by atoms with Crippen LogP contribution in [-0.4, -0.2) is 10.4 Å². The molecular weight excluding hydrogens is 254 g/mol. The van der Waals surface area contributed by atoms with Crippen LogP contribution >= 0.6 is 15.9 Å². The first-order valence-electron chi connectivity index (χ1n) is 3.88. The summed E-state index contributed by atoms with van der Waals surface area (Å²) in [7, 11) is 0. The topological polar surface area (TPSA) is 20.2 Å². The first-order chi connectivity index (χ1) is 6.65. The number of benzene rings is 1. The SMILES string of the molecule is Oc1c(F)cc(F)cc1C#CCCBr. The number of halogens is 3. The molecule has 0 amide bonds. The Morgan fingerprint density at radius 2 is 2.07 bits per heavy atom. The zero-order valence-corrected chi connectivity index (χ0v) is 8.74. The largest absolute Gasteiger partial charge is 0.504 e. The molecule has 0 saturated heterocycles. The maximum absolute atomic E-state index is 12.8. The van der Waals surface area contributed by atoms with Crippen molar-refractivity contribution in [2.24, 2.45) is 0 Å². The van der Waals surface area contributed by atoms with E-state index in [0.29, 0.717) is 17.8 Å². The molecule has 1 rings (SSSR count). The highest BCUT2D eigenvalue weighted by Crippen LogP contribution is 2.21. The van der Waals surface area contributed by atoms with Gasteiger partial charge < -0.3 is 5.11 Å². The molecule has 74 valence electrons. The Morgan fingerprint density at radius 3 is 2.71 bits per heavy atom. The Balaban J connectivity index is 3.04. The van der Waals surface area contributed by atoms with E-state index in [1.54, 1.807) is 0 Å². The van der Waals surface area contributed by atoms with Crippen molar-refractivity contribution in [3.63, 3.8) is 0 Å². The Morgan fingerprint density at radius 1 is 1.36 bits per heavy atom. The average molecular weight is 261 g/mol. The van der Waals surface area contributed by atoms with Crippen LogP contribution in [0.15, 0.2) is 12.1 Å². The number of rotatable bonds is 1. The van der Waals surface area contributed by atoms with Crippen molar-refractivity contribution in [3.8, 4) is 17.6 Å². The smallest absolute Gasteiger partial charge is 0.169 e. The van der Waals surface area contributed by atoms with Crippen molar-refractivity contribution in [2.75, 3.05) is 5.33 Å². The number of alkyl halides is 1. The molecule has 0 saturated carbocycles. The van der Waals surface area contributed by atoms with Gasteiger partial charge in [0.05, 0.1) is 5.56 Å². The Labute approximate surface area is 88.9 Å². The van der Waals surface area contributed by atoms with E-state index in [2.05, 4.69) is 27.8 Å². The summed E-state index contributed by atoms with van der Waals surface area (Å²) in [6.07, 6.45) is 0.553. The van der Waals surface area contributed by atoms with E-state index < -0.39 is 17.4 Å². The van der Waals surface area contributed by atoms with Gasteiger partial charge in [0.25, 0.3) is 0 Å². The minimum absolute atomic E-state index is 0.0246. The molecule has 0 fully saturated rings. The second-order valence-corrected chi connectivity index (χ2v) is 3.32. The lowest BCUT2D eigenvalue weighted by Crippen LogP contribution is -1.85. The molecule has 0 spiro atoms. The molecule has 0 aliphatic rings. The normalized spacial score (nSPS) is 9.36. The zero-order chi connectivity index (χ0) is 10.6. The number of hydrogen-bond donors (Lipinski definition) is 1. The number of hydrogen-bond acceptors (Lipinski definition) is 1. The van der Waals surface area contributed by atoms with Gasteiger partial charge in [-0.25, -0.2) is 8.78 Å². The standard InChI is InChI=1S/C10H7BrF2O/c11-4-2-1-3-7-5-8(12)6-9(13)10(7)14/h5-6,14H,2,4H2. The summed E-state index contributed by atoms with van der Waals surface area (Å²) in [5, 5.41) is 9.84. The molecule has 0 heterocycles. The van der Waals surface area contributed by atoms with Crippen LogP contribution in [0.25, 0.3) is 0 Å². The fourth-order valence-electron chi connectivity index (χ4n) is 0.866. The van der Waals surface area contributed by atoms with Crippen LogP contribution in [0.3, 0.4) is 0 Å². The quantitative estimate of drug-likeness (QED) is 0.608. The predicted molar refractivity (Wildman–Crippen MR) is 53.3 cm³/mol. The van der Waals surface area contributed by atoms with Crippen molar-refractivity contribution in [1.29, 1.82) is 0 Å². The molecule has 0 atom stereocenters. The van der Waals surface area contributed by atoms with E-state index in [0.717, 1.165) is 6.07 Å². The van der Waals surface area contributed by atoms with Crippen LogP contribution < -0.4 is 0 Å². The zero-order valence-electron chi connectivity index (χ0n) is 7.15. The minimum Gasteiger partial charge on any atom is -0.504 e. The van der Waals surface area contributed by atoms with Crippen LogP contribution in [0.2, 0.25) is 0 Å². The van der Waals surface area contributed by atoms with Gasteiger partial charge in [-0.3, -0.25) is 0 Å². The lowest BCUT2D eigenvalue weighted by molar-refractivity contribution is 0.426. The molecule has 14 heavy (non-hydrogen) atoms. The van der Waals surface area contributed by atoms with Gasteiger partial charge in [-0.1, -0.05) is 27.8 Å². The summed E-state index contributed by atoms with van der Waals surface area (Å²) in [5.41, 5.74) is -0.0246. The van der Waals surface area contributed by atoms with Gasteiger partial charge in [0, 0.05) is 17.8 Å². The monoisotopic (exact) mass is 260 g/mol. The third kappa shape index (κ3) is 2.71. The van der Waals surface area contributed by atoms with Crippen LogP contribution in [-0.2, 0) is 0 Å². The predicted octanol–water partition coefficient (Wildman–Crippen LogP) is 2.81. The van der Waals surface area contributed by atoms with Crippen LogP contribution in [0.5, 0.6) is 5.75 Å². The molecule has 1 N–H and O–H groups in total. The first kappa shape index (κ1) is 11.0. The fourth-order valence-corrected chi connectivity index (χ4v) is 1.06. The minimum atomic E-state index is -0.992. The Hall–Kier alpha value is -1.08. The van der Waals surface area contributed by atoms with E-state index in [4.69, 9.17) is 5.11 Å². The van der Waals surface area contributed by atoms with Crippen LogP contribution in [0.1, 0.15) is 12.0 Å². The number of phenols is 1. The van der Waals surface area contributed by atoms with Crippen molar-refractivity contribution >= 4 is 15.9 Å². The Kier molecular flexibility index (Phi) is 3.90. The van der Waals surface area contributed by atoms with E-state index in [1.807, 2.05) is 0 Å². The molecule has 1 aromatic carbocycles. The molecular formula is C10H7BrF2O. The Bertz CT molecular complexity index is 393. The van der Waals surface area contributed by atoms with Gasteiger partial charge >= 0.3 is 0 Å². The summed E-state index contributed by atoms with van der Waals surface area (Å²) in [5.74, 6) is 2.80. The number of aromatic hydroxyl groups is 1. The van der Waals surface area contributed by atoms with Gasteiger partial charge in [-0.05, 0) is 6.07 Å². The highest BCUT2D eigenvalue weighted by atomic mass is 79.9. The third-order valence-corrected chi connectivity index (χ3v) is 1.87. The molecule has 4 heteroatoms. The second-order valence-electron chi connectivity index (χ2n) is 2.52. The summed E-state index contributed by atoms with van der Waals surface area (Å²) < 4.78 is 25.5. The van der Waals surface area contributed by atoms with Crippen molar-refractivity contribution < 1.29 is 13.9 Å². The van der Waals surface area contributed by atoms with Gasteiger partial charge in [0.2, 0.25) is 0 Å². The van der Waals surface area contributed by atoms with Gasteiger partial charge in [-0.2, -0.15) is 0 Å². The highest BCUT2D eigenvalue weighted by Gasteiger charge is 2.07. The number of phenolic OH excluding ortho intramolecular Hbond substituents is 1. The molecule has 0 radical (unpaired) electrons. The molecule has 0 unspecified atom stereocenters. The fraction of sp³-hybridized carbons (Fsp3) is 0.200. The van der Waals surface area contributed by atoms with Crippen molar-refractivity contribution in [2.45, 2.75) is 6.42 Å². The second kappa shape index (κ2) is 4.97. The highest BCUT2D eigenvalue weighted by molar-refractivity contribution is 9.09. The maximum atomic E-state index is 12.8. The van der Waals surface area contributed by atoms with E-state index >= 15 is 0 Å². The summed E-state index contributed by atoms with van der Waals surface area (Å²) in [6.45, 7) is 0. The average Bonchev–Trinajstić information content (AvgIpc) is 2.13. The van der Waals surface area contributed by atoms with Gasteiger partial charge in [-0.15, -0.1) is 0 Å². The summed E-state index contributed by atoms with van der Waals surface area (Å²) >= 11 is 3.16. The van der Waals surface area contributed by atoms with E-state index in [-0.39, 0.29) is 5.56 Å². The molecule has 1 aromatic rings. The van der Waals surface area contributed by atoms with Crippen molar-refractivity contribution in [1.82, 2.24) is 0 Å². The molecule has 1 nitrogen and oxygen atoms in total. The molecule has 0 aliphatic carbocycles. The summed E-state index contributed by atoms with van der Waals surface area (Å²) in [4.78, 5) is 0. The summed E-state index contributed by atoms with van der Waals surface area (Å²) in [6, 6.07) is 1.62. The third-order valence-electron chi connectivity index (χ3n) is 1.47. The molecule has 0 aromatic heterocycles. The lowest BCUT2D eigenvalue weighted by Gasteiger charge is -1.98. The maximum Gasteiger partial charge on any atom is 0.169 e. The van der Waals surface area contributed by atoms with Crippen LogP contribution in [0, 0.1) is 23.5 Å². The van der Waals surface area contributed by atoms with E-state index in [9.17, 15) is 8.78 Å². The molecule has 0 bridgehead atoms. The van der Waals surface area contributed by atoms with Gasteiger partial charge in [0.15, 0.2) is 11.6 Å². The lowest BCUT2D eigenvalue weighted by atomic mass is 10.2. The van der Waals surface area contributed by atoms with Gasteiger partial charge in [0.1, 0.15) is 5.82 Å². The van der Waals surface area contributed by atoms with E-state index in [1.165, 1.54) is 0 Å². The van der Waals surface area contributed by atoms with Crippen LogP contribution in [0.4, 0.5) is 8.78 Å². The first-order valence-corrected chi connectivity index (χ1v) is 5.00. The molecule has 0 aliphatic heterocycles.